The fraction of sp³-hybridized carbons (Fsp3) is 0.565. The van der Waals surface area contributed by atoms with Gasteiger partial charge < -0.3 is 4.43 Å². The maximum atomic E-state index is 6.86. The summed E-state index contributed by atoms with van der Waals surface area (Å²) in [6.45, 7) is 25.7. The predicted molar refractivity (Wildman–Crippen MR) is 121 cm³/mol. The molecule has 26 heavy (non-hydrogen) atoms. The summed E-state index contributed by atoms with van der Waals surface area (Å²) >= 11 is 0. The van der Waals surface area contributed by atoms with Crippen LogP contribution >= 0.6 is 0 Å². The second-order valence-corrected chi connectivity index (χ2v) is 19.8. The van der Waals surface area contributed by atoms with Crippen LogP contribution in [0, 0.1) is 5.41 Å². The standard InChI is InChI=1S/C23H38OSi2/c1-18-19(17-25(7,8)20-14-12-11-13-15-20)16-23(5,6)21(18)24-26(9,10)22(2,3)4/h11-15,17,21H,1,16H2,2-10H3/b19-17+. The normalized spacial score (nSPS) is 22.9. The highest BCUT2D eigenvalue weighted by atomic mass is 28.4. The molecule has 3 heteroatoms. The van der Waals surface area contributed by atoms with Crippen molar-refractivity contribution in [2.24, 2.45) is 5.41 Å². The van der Waals surface area contributed by atoms with Crippen molar-refractivity contribution in [3.63, 3.8) is 0 Å². The molecule has 1 nitrogen and oxygen atoms in total. The number of hydrogen-bond acceptors (Lipinski definition) is 1. The van der Waals surface area contributed by atoms with Crippen LogP contribution in [-0.2, 0) is 4.43 Å². The maximum Gasteiger partial charge on any atom is 0.192 e. The summed E-state index contributed by atoms with van der Waals surface area (Å²) < 4.78 is 6.86. The van der Waals surface area contributed by atoms with Crippen LogP contribution in [0.5, 0.6) is 0 Å². The van der Waals surface area contributed by atoms with Gasteiger partial charge in [-0.3, -0.25) is 0 Å². The molecule has 0 amide bonds. The third-order valence-electron chi connectivity index (χ3n) is 6.36. The molecule has 1 saturated carbocycles. The monoisotopic (exact) mass is 386 g/mol. The highest BCUT2D eigenvalue weighted by Gasteiger charge is 2.47. The van der Waals surface area contributed by atoms with Gasteiger partial charge in [0.05, 0.1) is 6.10 Å². The fourth-order valence-electron chi connectivity index (χ4n) is 3.57. The van der Waals surface area contributed by atoms with E-state index in [0.29, 0.717) is 0 Å². The van der Waals surface area contributed by atoms with Crippen LogP contribution in [0.3, 0.4) is 0 Å². The maximum absolute atomic E-state index is 6.86. The van der Waals surface area contributed by atoms with Crippen molar-refractivity contribution in [1.29, 1.82) is 0 Å². The summed E-state index contributed by atoms with van der Waals surface area (Å²) in [5, 5.41) is 1.69. The second-order valence-electron chi connectivity index (χ2n) is 10.7. The largest absolute Gasteiger partial charge is 0.409 e. The zero-order chi connectivity index (χ0) is 20.0. The number of hydrogen-bond donors (Lipinski definition) is 0. The SMILES string of the molecule is C=C1/C(=C/[Si](C)(C)c2ccccc2)CC(C)(C)C1O[Si](C)(C)C(C)(C)C. The van der Waals surface area contributed by atoms with Crippen LogP contribution in [0.4, 0.5) is 0 Å². The van der Waals surface area contributed by atoms with Crippen LogP contribution in [0.1, 0.15) is 41.0 Å². The predicted octanol–water partition coefficient (Wildman–Crippen LogP) is 6.44. The average molecular weight is 387 g/mol. The van der Waals surface area contributed by atoms with Gasteiger partial charge in [0.25, 0.3) is 0 Å². The number of benzene rings is 1. The Balaban J connectivity index is 2.34. The lowest BCUT2D eigenvalue weighted by molar-refractivity contribution is 0.113. The van der Waals surface area contributed by atoms with E-state index in [1.807, 2.05) is 0 Å². The molecule has 1 aromatic carbocycles. The van der Waals surface area contributed by atoms with Crippen molar-refractivity contribution in [3.05, 3.63) is 53.8 Å². The van der Waals surface area contributed by atoms with Crippen molar-refractivity contribution in [2.45, 2.75) is 78.4 Å². The zero-order valence-electron chi connectivity index (χ0n) is 18.4. The summed E-state index contributed by atoms with van der Waals surface area (Å²) in [6.07, 6.45) is 1.20. The van der Waals surface area contributed by atoms with Crippen LogP contribution in [-0.4, -0.2) is 22.5 Å². The van der Waals surface area contributed by atoms with Gasteiger partial charge >= 0.3 is 0 Å². The third-order valence-corrected chi connectivity index (χ3v) is 13.7. The average Bonchev–Trinajstić information content (AvgIpc) is 2.69. The second kappa shape index (κ2) is 6.92. The molecule has 1 unspecified atom stereocenters. The van der Waals surface area contributed by atoms with E-state index in [1.54, 1.807) is 0 Å². The highest BCUT2D eigenvalue weighted by molar-refractivity contribution is 6.94. The Morgan fingerprint density at radius 2 is 1.62 bits per heavy atom. The van der Waals surface area contributed by atoms with Gasteiger partial charge in [0.15, 0.2) is 8.32 Å². The topological polar surface area (TPSA) is 9.23 Å². The number of rotatable bonds is 4. The van der Waals surface area contributed by atoms with Gasteiger partial charge in [0, 0.05) is 0 Å². The van der Waals surface area contributed by atoms with E-state index < -0.39 is 16.4 Å². The van der Waals surface area contributed by atoms with Gasteiger partial charge in [-0.15, -0.1) is 0 Å². The van der Waals surface area contributed by atoms with E-state index in [0.717, 1.165) is 6.42 Å². The molecular formula is C23H38OSi2. The van der Waals surface area contributed by atoms with Gasteiger partial charge in [-0.25, -0.2) is 0 Å². The molecule has 0 N–H and O–H groups in total. The minimum Gasteiger partial charge on any atom is -0.409 e. The Labute approximate surface area is 163 Å². The molecule has 1 aromatic rings. The molecule has 1 aliphatic rings. The van der Waals surface area contributed by atoms with Crippen molar-refractivity contribution in [1.82, 2.24) is 0 Å². The molecule has 0 saturated heterocycles. The first-order valence-electron chi connectivity index (χ1n) is 9.82. The lowest BCUT2D eigenvalue weighted by Crippen LogP contribution is -2.46. The molecule has 1 atom stereocenters. The van der Waals surface area contributed by atoms with Gasteiger partial charge in [-0.1, -0.05) is 95.5 Å². The summed E-state index contributed by atoms with van der Waals surface area (Å²) in [6, 6.07) is 11.0. The van der Waals surface area contributed by atoms with Gasteiger partial charge in [-0.2, -0.15) is 0 Å². The van der Waals surface area contributed by atoms with Crippen LogP contribution in [0.25, 0.3) is 0 Å². The fourth-order valence-corrected chi connectivity index (χ4v) is 7.35. The Kier molecular flexibility index (Phi) is 5.69. The van der Waals surface area contributed by atoms with E-state index in [-0.39, 0.29) is 16.6 Å². The summed E-state index contributed by atoms with van der Waals surface area (Å²) in [4.78, 5) is 0. The van der Waals surface area contributed by atoms with Gasteiger partial charge in [0.2, 0.25) is 0 Å². The molecule has 1 fully saturated rings. The van der Waals surface area contributed by atoms with Gasteiger partial charge in [0.1, 0.15) is 8.07 Å². The lowest BCUT2D eigenvalue weighted by atomic mass is 9.89. The van der Waals surface area contributed by atoms with E-state index in [9.17, 15) is 0 Å². The quantitative estimate of drug-likeness (QED) is 0.541. The van der Waals surface area contributed by atoms with E-state index in [1.165, 1.54) is 16.3 Å². The zero-order valence-corrected chi connectivity index (χ0v) is 20.4. The van der Waals surface area contributed by atoms with Crippen molar-refractivity contribution in [3.8, 4) is 0 Å². The van der Waals surface area contributed by atoms with Crippen LogP contribution in [0.2, 0.25) is 31.2 Å². The van der Waals surface area contributed by atoms with Crippen molar-refractivity contribution < 1.29 is 4.43 Å². The van der Waals surface area contributed by atoms with E-state index in [4.69, 9.17) is 4.43 Å². The van der Waals surface area contributed by atoms with Crippen molar-refractivity contribution >= 4 is 21.6 Å². The smallest absolute Gasteiger partial charge is 0.192 e. The first kappa shape index (κ1) is 21.4. The lowest BCUT2D eigenvalue weighted by Gasteiger charge is -2.42. The minimum absolute atomic E-state index is 0.111. The van der Waals surface area contributed by atoms with Gasteiger partial charge in [-0.05, 0) is 41.1 Å². The first-order valence-corrected chi connectivity index (χ1v) is 15.8. The molecule has 0 spiro atoms. The summed E-state index contributed by atoms with van der Waals surface area (Å²) in [5.41, 5.74) is 5.32. The minimum atomic E-state index is -1.83. The highest BCUT2D eigenvalue weighted by Crippen LogP contribution is 2.49. The molecule has 0 aliphatic heterocycles. The molecule has 0 heterocycles. The van der Waals surface area contributed by atoms with Crippen LogP contribution in [0.15, 0.2) is 53.8 Å². The Morgan fingerprint density at radius 3 is 2.12 bits per heavy atom. The Hall–Kier alpha value is -0.906. The summed E-state index contributed by atoms with van der Waals surface area (Å²) in [7, 11) is -3.47. The van der Waals surface area contributed by atoms with Crippen LogP contribution < -0.4 is 5.19 Å². The summed E-state index contributed by atoms with van der Waals surface area (Å²) in [5.74, 6) is 0. The molecule has 1 aliphatic carbocycles. The molecule has 0 radical (unpaired) electrons. The third kappa shape index (κ3) is 4.32. The molecular weight excluding hydrogens is 348 g/mol. The first-order chi connectivity index (χ1) is 11.7. The Bertz CT molecular complexity index is 691. The Morgan fingerprint density at radius 1 is 1.08 bits per heavy atom. The van der Waals surface area contributed by atoms with E-state index in [2.05, 4.69) is 103 Å². The van der Waals surface area contributed by atoms with E-state index >= 15 is 0 Å². The van der Waals surface area contributed by atoms with Crippen molar-refractivity contribution in [2.75, 3.05) is 0 Å². The molecule has 2 rings (SSSR count). The molecule has 144 valence electrons. The molecule has 0 bridgehead atoms. The molecule has 0 aromatic heterocycles.